The summed E-state index contributed by atoms with van der Waals surface area (Å²) in [7, 11) is -3.53. The number of aromatic amines is 1. The van der Waals surface area contributed by atoms with E-state index in [4.69, 9.17) is 0 Å². The van der Waals surface area contributed by atoms with Gasteiger partial charge < -0.3 is 5.32 Å². The Hall–Kier alpha value is -0.920. The van der Waals surface area contributed by atoms with Crippen LogP contribution in [0.2, 0.25) is 0 Å². The minimum atomic E-state index is -3.53. The molecule has 2 rings (SSSR count). The average molecular weight is 314 g/mol. The third-order valence-corrected chi connectivity index (χ3v) is 5.79. The van der Waals surface area contributed by atoms with E-state index in [0.29, 0.717) is 22.8 Å². The van der Waals surface area contributed by atoms with E-state index in [1.54, 1.807) is 6.92 Å². The predicted molar refractivity (Wildman–Crippen MR) is 82.4 cm³/mol. The summed E-state index contributed by atoms with van der Waals surface area (Å²) in [6.45, 7) is 9.31. The Morgan fingerprint density at radius 1 is 1.43 bits per heavy atom. The highest BCUT2D eigenvalue weighted by Gasteiger charge is 2.35. The van der Waals surface area contributed by atoms with E-state index in [0.717, 1.165) is 25.8 Å². The molecule has 1 aliphatic carbocycles. The second-order valence-electron chi connectivity index (χ2n) is 6.63. The van der Waals surface area contributed by atoms with Crippen LogP contribution >= 0.6 is 0 Å². The van der Waals surface area contributed by atoms with Crippen LogP contribution in [-0.2, 0) is 16.6 Å². The number of aromatic nitrogens is 2. The zero-order chi connectivity index (χ0) is 15.7. The van der Waals surface area contributed by atoms with Crippen molar-refractivity contribution < 1.29 is 8.42 Å². The Morgan fingerprint density at radius 2 is 2.14 bits per heavy atom. The number of rotatable bonds is 6. The fraction of sp³-hybridized carbons (Fsp3) is 0.786. The summed E-state index contributed by atoms with van der Waals surface area (Å²) in [6.07, 6.45) is 2.83. The van der Waals surface area contributed by atoms with Crippen LogP contribution < -0.4 is 10.0 Å². The molecule has 1 aromatic heterocycles. The highest BCUT2D eigenvalue weighted by Crippen LogP contribution is 2.37. The van der Waals surface area contributed by atoms with Gasteiger partial charge in [0, 0.05) is 12.6 Å². The Balaban J connectivity index is 2.18. The van der Waals surface area contributed by atoms with Crippen molar-refractivity contribution >= 4 is 10.0 Å². The summed E-state index contributed by atoms with van der Waals surface area (Å²) in [4.78, 5) is 0.299. The van der Waals surface area contributed by atoms with Gasteiger partial charge in [-0.3, -0.25) is 5.10 Å². The standard InChI is InChI=1S/C14H26N4O2S/c1-5-15-9-12-13(10(2)16-17-12)21(19,20)18-11-6-7-14(3,4)8-11/h11,15,18H,5-9H2,1-4H3,(H,16,17). The molecule has 7 heteroatoms. The maximum atomic E-state index is 12.7. The molecular formula is C14H26N4O2S. The summed E-state index contributed by atoms with van der Waals surface area (Å²) < 4.78 is 28.2. The molecule has 120 valence electrons. The third kappa shape index (κ3) is 3.84. The second kappa shape index (κ2) is 6.06. The van der Waals surface area contributed by atoms with Crippen molar-refractivity contribution in [2.75, 3.05) is 6.54 Å². The molecule has 0 bridgehead atoms. The van der Waals surface area contributed by atoms with Gasteiger partial charge in [-0.2, -0.15) is 5.10 Å². The van der Waals surface area contributed by atoms with E-state index in [2.05, 4.69) is 34.1 Å². The first kappa shape index (κ1) is 16.5. The number of hydrogen-bond acceptors (Lipinski definition) is 4. The van der Waals surface area contributed by atoms with Gasteiger partial charge in [0.1, 0.15) is 4.90 Å². The first-order chi connectivity index (χ1) is 9.75. The van der Waals surface area contributed by atoms with Crippen LogP contribution in [0, 0.1) is 12.3 Å². The fourth-order valence-corrected chi connectivity index (χ4v) is 4.64. The van der Waals surface area contributed by atoms with Crippen molar-refractivity contribution in [3.05, 3.63) is 11.4 Å². The van der Waals surface area contributed by atoms with Crippen LogP contribution in [0.25, 0.3) is 0 Å². The SMILES string of the molecule is CCNCc1n[nH]c(C)c1S(=O)(=O)NC1CCC(C)(C)C1. The number of H-pyrrole nitrogens is 1. The maximum absolute atomic E-state index is 12.7. The number of nitrogens with one attached hydrogen (secondary N) is 3. The third-order valence-electron chi connectivity index (χ3n) is 4.06. The van der Waals surface area contributed by atoms with Gasteiger partial charge >= 0.3 is 0 Å². The largest absolute Gasteiger partial charge is 0.311 e. The molecule has 0 amide bonds. The molecule has 1 heterocycles. The normalized spacial score (nSPS) is 21.8. The zero-order valence-electron chi connectivity index (χ0n) is 13.3. The van der Waals surface area contributed by atoms with E-state index in [9.17, 15) is 8.42 Å². The lowest BCUT2D eigenvalue weighted by molar-refractivity contribution is 0.372. The first-order valence-electron chi connectivity index (χ1n) is 7.52. The van der Waals surface area contributed by atoms with Crippen LogP contribution in [-0.4, -0.2) is 31.2 Å². The molecule has 0 spiro atoms. The van der Waals surface area contributed by atoms with Gasteiger partial charge in [-0.15, -0.1) is 0 Å². The van der Waals surface area contributed by atoms with Crippen LogP contribution in [0.1, 0.15) is 51.4 Å². The molecule has 21 heavy (non-hydrogen) atoms. The van der Waals surface area contributed by atoms with Crippen molar-refractivity contribution in [3.63, 3.8) is 0 Å². The van der Waals surface area contributed by atoms with Crippen molar-refractivity contribution in [2.45, 2.75) is 64.4 Å². The van der Waals surface area contributed by atoms with Gasteiger partial charge in [-0.25, -0.2) is 13.1 Å². The Labute approximate surface area is 127 Å². The lowest BCUT2D eigenvalue weighted by Gasteiger charge is -2.18. The summed E-state index contributed by atoms with van der Waals surface area (Å²) in [5, 5.41) is 10.0. The van der Waals surface area contributed by atoms with Gasteiger partial charge in [-0.05, 0) is 38.1 Å². The zero-order valence-corrected chi connectivity index (χ0v) is 14.1. The van der Waals surface area contributed by atoms with Gasteiger partial charge in [0.2, 0.25) is 10.0 Å². The molecule has 0 aromatic carbocycles. The lowest BCUT2D eigenvalue weighted by atomic mass is 9.92. The van der Waals surface area contributed by atoms with Gasteiger partial charge in [-0.1, -0.05) is 20.8 Å². The molecule has 1 unspecified atom stereocenters. The monoisotopic (exact) mass is 314 g/mol. The summed E-state index contributed by atoms with van der Waals surface area (Å²) in [5.41, 5.74) is 1.36. The molecule has 0 aliphatic heterocycles. The van der Waals surface area contributed by atoms with Crippen molar-refractivity contribution in [2.24, 2.45) is 5.41 Å². The molecule has 1 fully saturated rings. The molecular weight excluding hydrogens is 288 g/mol. The molecule has 6 nitrogen and oxygen atoms in total. The Bertz CT molecular complexity index is 592. The van der Waals surface area contributed by atoms with Gasteiger partial charge in [0.05, 0.1) is 11.4 Å². The molecule has 1 atom stereocenters. The first-order valence-corrected chi connectivity index (χ1v) is 9.00. The fourth-order valence-electron chi connectivity index (χ4n) is 3.00. The van der Waals surface area contributed by atoms with Gasteiger partial charge in [0.25, 0.3) is 0 Å². The van der Waals surface area contributed by atoms with E-state index in [1.165, 1.54) is 0 Å². The molecule has 1 aliphatic rings. The average Bonchev–Trinajstić information content (AvgIpc) is 2.89. The van der Waals surface area contributed by atoms with E-state index < -0.39 is 10.0 Å². The molecule has 0 saturated heterocycles. The van der Waals surface area contributed by atoms with Gasteiger partial charge in [0.15, 0.2) is 0 Å². The Morgan fingerprint density at radius 3 is 2.71 bits per heavy atom. The van der Waals surface area contributed by atoms with Crippen molar-refractivity contribution in [1.82, 2.24) is 20.2 Å². The summed E-state index contributed by atoms with van der Waals surface area (Å²) in [5.74, 6) is 0. The summed E-state index contributed by atoms with van der Waals surface area (Å²) >= 11 is 0. The predicted octanol–water partition coefficient (Wildman–Crippen LogP) is 1.68. The highest BCUT2D eigenvalue weighted by atomic mass is 32.2. The quantitative estimate of drug-likeness (QED) is 0.745. The molecule has 1 aromatic rings. The summed E-state index contributed by atoms with van der Waals surface area (Å²) in [6, 6.07) is 0.0197. The van der Waals surface area contributed by atoms with E-state index in [-0.39, 0.29) is 11.5 Å². The molecule has 1 saturated carbocycles. The minimum Gasteiger partial charge on any atom is -0.311 e. The minimum absolute atomic E-state index is 0.0197. The second-order valence-corrected chi connectivity index (χ2v) is 8.28. The number of nitrogens with zero attached hydrogens (tertiary/aromatic N) is 1. The lowest BCUT2D eigenvalue weighted by Crippen LogP contribution is -2.34. The van der Waals surface area contributed by atoms with Crippen LogP contribution in [0.4, 0.5) is 0 Å². The maximum Gasteiger partial charge on any atom is 0.244 e. The van der Waals surface area contributed by atoms with Crippen molar-refractivity contribution in [3.8, 4) is 0 Å². The van der Waals surface area contributed by atoms with E-state index in [1.807, 2.05) is 6.92 Å². The van der Waals surface area contributed by atoms with Crippen LogP contribution in [0.3, 0.4) is 0 Å². The Kier molecular flexibility index (Phi) is 4.75. The smallest absolute Gasteiger partial charge is 0.244 e. The molecule has 3 N–H and O–H groups in total. The highest BCUT2D eigenvalue weighted by molar-refractivity contribution is 7.89. The van der Waals surface area contributed by atoms with Crippen molar-refractivity contribution in [1.29, 1.82) is 0 Å². The number of sulfonamides is 1. The van der Waals surface area contributed by atoms with Crippen LogP contribution in [0.5, 0.6) is 0 Å². The van der Waals surface area contributed by atoms with E-state index >= 15 is 0 Å². The van der Waals surface area contributed by atoms with Crippen LogP contribution in [0.15, 0.2) is 4.90 Å². The number of aryl methyl sites for hydroxylation is 1. The number of hydrogen-bond donors (Lipinski definition) is 3. The topological polar surface area (TPSA) is 86.9 Å². The molecule has 0 radical (unpaired) electrons.